The third-order valence-corrected chi connectivity index (χ3v) is 8.87. The highest BCUT2D eigenvalue weighted by molar-refractivity contribution is 9.10. The van der Waals surface area contributed by atoms with E-state index in [1.54, 1.807) is 42.5 Å². The minimum Gasteiger partial charge on any atom is -0.240 e. The van der Waals surface area contributed by atoms with Crippen LogP contribution in [0.15, 0.2) is 96.9 Å². The lowest BCUT2D eigenvalue weighted by Crippen LogP contribution is -2.13. The third-order valence-electron chi connectivity index (χ3n) is 4.02. The molecule has 3 aromatic rings. The highest BCUT2D eigenvalue weighted by atomic mass is 79.9. The van der Waals surface area contributed by atoms with Gasteiger partial charge in [-0.1, -0.05) is 67.7 Å². The van der Waals surface area contributed by atoms with E-state index in [0.717, 1.165) is 10.0 Å². The summed E-state index contributed by atoms with van der Waals surface area (Å²) in [5, 5.41) is 0. The highest BCUT2D eigenvalue weighted by Gasteiger charge is 2.30. The van der Waals surface area contributed by atoms with E-state index in [-0.39, 0.29) is 15.4 Å². The average Bonchev–Trinajstić information content (AvgIpc) is 2.68. The molecule has 3 rings (SSSR count). The average molecular weight is 482 g/mol. The van der Waals surface area contributed by atoms with Crippen LogP contribution < -0.4 is 0 Å². The zero-order valence-corrected chi connectivity index (χ0v) is 18.0. The van der Waals surface area contributed by atoms with Crippen molar-refractivity contribution >= 4 is 35.7 Å². The Bertz CT molecular complexity index is 1190. The fourth-order valence-corrected chi connectivity index (χ4v) is 6.73. The first-order chi connectivity index (χ1) is 13.2. The van der Waals surface area contributed by atoms with Crippen LogP contribution in [0.4, 0.5) is 4.39 Å². The molecule has 3 aromatic carbocycles. The summed E-state index contributed by atoms with van der Waals surface area (Å²) in [4.78, 5) is -0.120. The molecule has 0 aromatic heterocycles. The van der Waals surface area contributed by atoms with E-state index < -0.39 is 25.3 Å². The molecule has 0 spiro atoms. The summed E-state index contributed by atoms with van der Waals surface area (Å²) in [6.45, 7) is 1.81. The number of rotatable bonds is 5. The second-order valence-electron chi connectivity index (χ2n) is 6.11. The van der Waals surface area contributed by atoms with Crippen molar-refractivity contribution in [3.05, 3.63) is 94.5 Å². The summed E-state index contributed by atoms with van der Waals surface area (Å²) < 4.78 is 59.1. The van der Waals surface area contributed by atoms with E-state index in [2.05, 4.69) is 19.7 Å². The van der Waals surface area contributed by atoms with Crippen molar-refractivity contribution in [3.8, 4) is 0 Å². The number of sulfonamides is 1. The van der Waals surface area contributed by atoms with Gasteiger partial charge in [-0.3, -0.25) is 0 Å². The Morgan fingerprint density at radius 1 is 0.821 bits per heavy atom. The van der Waals surface area contributed by atoms with Crippen LogP contribution in [0.1, 0.15) is 16.6 Å². The van der Waals surface area contributed by atoms with Crippen molar-refractivity contribution in [2.75, 3.05) is 0 Å². The van der Waals surface area contributed by atoms with Gasteiger partial charge in [-0.25, -0.2) is 8.60 Å². The Morgan fingerprint density at radius 3 is 1.96 bits per heavy atom. The summed E-state index contributed by atoms with van der Waals surface area (Å²) in [6.07, 6.45) is 0. The first kappa shape index (κ1) is 20.7. The van der Waals surface area contributed by atoms with Crippen LogP contribution in [-0.2, 0) is 19.8 Å². The number of benzene rings is 3. The highest BCUT2D eigenvalue weighted by Crippen LogP contribution is 2.34. The van der Waals surface area contributed by atoms with Gasteiger partial charge in [0.1, 0.15) is 9.73 Å². The Morgan fingerprint density at radius 2 is 1.39 bits per heavy atom. The van der Waals surface area contributed by atoms with Crippen molar-refractivity contribution in [1.82, 2.24) is 0 Å². The molecule has 0 saturated heterocycles. The van der Waals surface area contributed by atoms with Gasteiger partial charge in [0.15, 0.2) is 0 Å². The Hall–Kier alpha value is -2.03. The van der Waals surface area contributed by atoms with Gasteiger partial charge in [0.05, 0.1) is 9.79 Å². The SMILES string of the molecule is Cc1ccc(S(=O)(=O)N=[S@@](=O)(c2ccccc2)[C@@H](F)c2ccc(Br)cc2)cc1. The maximum atomic E-state index is 15.5. The second kappa shape index (κ2) is 8.14. The molecule has 2 atom stereocenters. The molecule has 0 radical (unpaired) electrons. The summed E-state index contributed by atoms with van der Waals surface area (Å²) >= 11 is 3.26. The molecule has 0 aliphatic rings. The minimum absolute atomic E-state index is 0.0149. The number of hydrogen-bond donors (Lipinski definition) is 0. The monoisotopic (exact) mass is 481 g/mol. The van der Waals surface area contributed by atoms with Crippen molar-refractivity contribution in [3.63, 3.8) is 0 Å². The van der Waals surface area contributed by atoms with E-state index in [0.29, 0.717) is 0 Å². The van der Waals surface area contributed by atoms with Crippen molar-refractivity contribution < 1.29 is 17.0 Å². The summed E-state index contributed by atoms with van der Waals surface area (Å²) in [5.41, 5.74) is -1.18. The summed E-state index contributed by atoms with van der Waals surface area (Å²) in [6, 6.07) is 19.7. The van der Waals surface area contributed by atoms with E-state index in [1.807, 2.05) is 6.92 Å². The second-order valence-corrected chi connectivity index (χ2v) is 11.1. The van der Waals surface area contributed by atoms with Crippen LogP contribution in [-0.4, -0.2) is 12.6 Å². The Labute approximate surface area is 172 Å². The molecule has 0 heterocycles. The minimum atomic E-state index is -4.34. The first-order valence-corrected chi connectivity index (χ1v) is 12.1. The lowest BCUT2D eigenvalue weighted by atomic mass is 10.2. The molecular weight excluding hydrogens is 465 g/mol. The molecule has 0 aliphatic carbocycles. The van der Waals surface area contributed by atoms with E-state index in [9.17, 15) is 12.6 Å². The van der Waals surface area contributed by atoms with Crippen molar-refractivity contribution in [2.24, 2.45) is 3.77 Å². The number of nitrogens with zero attached hydrogens (tertiary/aromatic N) is 1. The van der Waals surface area contributed by atoms with Gasteiger partial charge in [-0.2, -0.15) is 8.42 Å². The van der Waals surface area contributed by atoms with Crippen LogP contribution in [0.5, 0.6) is 0 Å². The zero-order chi connectivity index (χ0) is 20.4. The normalized spacial score (nSPS) is 14.8. The fourth-order valence-electron chi connectivity index (χ4n) is 2.51. The van der Waals surface area contributed by atoms with E-state index in [4.69, 9.17) is 0 Å². The maximum Gasteiger partial charge on any atom is 0.290 e. The third kappa shape index (κ3) is 4.34. The number of aryl methyl sites for hydroxylation is 1. The van der Waals surface area contributed by atoms with E-state index in [1.165, 1.54) is 36.4 Å². The van der Waals surface area contributed by atoms with Crippen LogP contribution in [0, 0.1) is 6.92 Å². The van der Waals surface area contributed by atoms with Gasteiger partial charge < -0.3 is 0 Å². The lowest BCUT2D eigenvalue weighted by molar-refractivity contribution is 0.450. The fraction of sp³-hybridized carbons (Fsp3) is 0.100. The molecule has 0 N–H and O–H groups in total. The predicted molar refractivity (Wildman–Crippen MR) is 112 cm³/mol. The van der Waals surface area contributed by atoms with Crippen LogP contribution >= 0.6 is 15.9 Å². The smallest absolute Gasteiger partial charge is 0.240 e. The van der Waals surface area contributed by atoms with E-state index >= 15 is 4.39 Å². The molecule has 0 saturated carbocycles. The molecule has 0 amide bonds. The van der Waals surface area contributed by atoms with Crippen molar-refractivity contribution in [2.45, 2.75) is 22.2 Å². The zero-order valence-electron chi connectivity index (χ0n) is 14.8. The standard InChI is InChI=1S/C20H17BrFNO3S2/c1-15-7-13-19(14-8-15)28(25,26)23-27(24,18-5-3-2-4-6-18)20(22)16-9-11-17(21)12-10-16/h2-14,20H,1H3/t20-,27-/m1/s1. The van der Waals surface area contributed by atoms with Crippen molar-refractivity contribution in [1.29, 1.82) is 0 Å². The number of halogens is 2. The largest absolute Gasteiger partial charge is 0.290 e. The molecule has 8 heteroatoms. The Balaban J connectivity index is 2.22. The molecule has 28 heavy (non-hydrogen) atoms. The quantitative estimate of drug-likeness (QED) is 0.473. The number of alkyl halides is 1. The van der Waals surface area contributed by atoms with Crippen LogP contribution in [0.3, 0.4) is 0 Å². The summed E-state index contributed by atoms with van der Waals surface area (Å²) in [5.74, 6) is 0. The molecular formula is C20H17BrFNO3S2. The summed E-state index contributed by atoms with van der Waals surface area (Å²) in [7, 11) is -8.32. The van der Waals surface area contributed by atoms with Gasteiger partial charge in [0.2, 0.25) is 5.50 Å². The van der Waals surface area contributed by atoms with Gasteiger partial charge in [-0.15, -0.1) is 0 Å². The Kier molecular flexibility index (Phi) is 6.02. The molecule has 0 fully saturated rings. The topological polar surface area (TPSA) is 63.6 Å². The number of hydrogen-bond acceptors (Lipinski definition) is 3. The predicted octanol–water partition coefficient (Wildman–Crippen LogP) is 5.64. The molecule has 0 bridgehead atoms. The van der Waals surface area contributed by atoms with Crippen LogP contribution in [0.2, 0.25) is 0 Å². The van der Waals surface area contributed by atoms with Gasteiger partial charge in [0.25, 0.3) is 10.0 Å². The first-order valence-electron chi connectivity index (χ1n) is 8.26. The van der Waals surface area contributed by atoms with Gasteiger partial charge in [0, 0.05) is 10.0 Å². The van der Waals surface area contributed by atoms with Crippen LogP contribution in [0.25, 0.3) is 0 Å². The molecule has 146 valence electrons. The maximum absolute atomic E-state index is 15.5. The lowest BCUT2D eigenvalue weighted by Gasteiger charge is -2.16. The van der Waals surface area contributed by atoms with Gasteiger partial charge in [-0.05, 0) is 43.3 Å². The van der Waals surface area contributed by atoms with Gasteiger partial charge >= 0.3 is 0 Å². The molecule has 4 nitrogen and oxygen atoms in total. The molecule has 0 aliphatic heterocycles. The molecule has 0 unspecified atom stereocenters.